The number of hydrogen-bond donors (Lipinski definition) is 1. The molecule has 0 aromatic carbocycles. The molecule has 0 heterocycles. The highest BCUT2D eigenvalue weighted by Crippen LogP contribution is 2.43. The zero-order valence-corrected chi connectivity index (χ0v) is 5.38. The molecule has 4 heteroatoms. The summed E-state index contributed by atoms with van der Waals surface area (Å²) in [7, 11) is 4.64. The molecule has 2 atom stereocenters. The molecule has 0 spiro atoms. The van der Waals surface area contributed by atoms with Gasteiger partial charge in [0.1, 0.15) is 0 Å². The van der Waals surface area contributed by atoms with Crippen molar-refractivity contribution in [3.8, 4) is 0 Å². The summed E-state index contributed by atoms with van der Waals surface area (Å²) >= 11 is 0. The van der Waals surface area contributed by atoms with Gasteiger partial charge in [-0.3, -0.25) is 0 Å². The highest BCUT2D eigenvalue weighted by Gasteiger charge is 1.65. The second kappa shape index (κ2) is 2.49. The van der Waals surface area contributed by atoms with Gasteiger partial charge in [0.2, 0.25) is 0 Å². The first-order valence-electron chi connectivity index (χ1n) is 0.775. The maximum absolute atomic E-state index is 5.10. The van der Waals surface area contributed by atoms with Crippen LogP contribution in [0.2, 0.25) is 0 Å². The molecule has 0 aliphatic rings. The minimum Gasteiger partial charge on any atom is -0.304 e. The van der Waals surface area contributed by atoms with Gasteiger partial charge in [-0.1, -0.05) is 17.9 Å². The standard InChI is InChI=1S/H6NP3/c1-4(2)3/h1-3H2. The monoisotopic (exact) mass is 113 g/mol. The predicted octanol–water partition coefficient (Wildman–Crippen LogP) is 0.922. The third-order valence-electron chi connectivity index (χ3n) is 0. The Balaban J connectivity index is 2.32. The molecule has 2 N–H and O–H groups in total. The molecule has 0 aliphatic heterocycles. The topological polar surface area (TPSA) is 26.0 Å². The van der Waals surface area contributed by atoms with Crippen LogP contribution >= 0.6 is 25.3 Å². The Hall–Kier alpha value is 1.25. The third-order valence-corrected chi connectivity index (χ3v) is 0. The van der Waals surface area contributed by atoms with Gasteiger partial charge in [0.15, 0.2) is 0 Å². The first kappa shape index (κ1) is 5.25. The van der Waals surface area contributed by atoms with Crippen molar-refractivity contribution in [2.45, 2.75) is 0 Å². The van der Waals surface area contributed by atoms with Crippen molar-refractivity contribution >= 4 is 25.3 Å². The molecular formula is H6NP3. The molecule has 0 aromatic heterocycles. The average Bonchev–Trinajstić information content (AvgIpc) is 0.811. The minimum atomic E-state index is -0.287. The number of hydrogen-bond acceptors (Lipinski definition) is 1. The largest absolute Gasteiger partial charge is 0.304 e. The van der Waals surface area contributed by atoms with E-state index in [0.717, 1.165) is 0 Å². The second-order valence-corrected chi connectivity index (χ2v) is 6.71. The van der Waals surface area contributed by atoms with Crippen molar-refractivity contribution in [2.75, 3.05) is 0 Å². The smallest absolute Gasteiger partial charge is 0.00377 e. The van der Waals surface area contributed by atoms with E-state index in [1.807, 2.05) is 0 Å². The zero-order chi connectivity index (χ0) is 3.58. The molecule has 4 heavy (non-hydrogen) atoms. The van der Waals surface area contributed by atoms with Crippen LogP contribution in [0.3, 0.4) is 0 Å². The molecular weight excluding hydrogens is 107 g/mol. The lowest BCUT2D eigenvalue weighted by molar-refractivity contribution is 2.04. The maximum atomic E-state index is 5.10. The summed E-state index contributed by atoms with van der Waals surface area (Å²) in [6, 6.07) is 0. The fourth-order valence-corrected chi connectivity index (χ4v) is 0. The lowest BCUT2D eigenvalue weighted by atomic mass is 13.9. The normalized spacial score (nSPS) is 9.00. The molecule has 0 amide bonds. The third kappa shape index (κ3) is 10.5. The van der Waals surface area contributed by atoms with Crippen molar-refractivity contribution in [1.82, 2.24) is 0 Å². The van der Waals surface area contributed by atoms with E-state index < -0.39 is 0 Å². The van der Waals surface area contributed by atoms with Crippen molar-refractivity contribution in [3.05, 3.63) is 0 Å². The van der Waals surface area contributed by atoms with E-state index >= 15 is 0 Å². The Kier molecular flexibility index (Phi) is 3.26. The lowest BCUT2D eigenvalue weighted by Crippen LogP contribution is -1.62. The summed E-state index contributed by atoms with van der Waals surface area (Å²) < 4.78 is 0. The molecule has 0 radical (unpaired) electrons. The predicted molar refractivity (Wildman–Crippen MR) is 30.5 cm³/mol. The first-order valence-corrected chi connectivity index (χ1v) is 5.42. The van der Waals surface area contributed by atoms with Gasteiger partial charge >= 0.3 is 0 Å². The van der Waals surface area contributed by atoms with E-state index in [-0.39, 0.29) is 7.45 Å². The van der Waals surface area contributed by atoms with Crippen LogP contribution in [-0.4, -0.2) is 0 Å². The van der Waals surface area contributed by atoms with Crippen LogP contribution in [0.25, 0.3) is 0 Å². The lowest BCUT2D eigenvalue weighted by Gasteiger charge is -1.82. The Morgan fingerprint density at radius 3 is 1.50 bits per heavy atom. The Labute approximate surface area is 31.7 Å². The summed E-state index contributed by atoms with van der Waals surface area (Å²) in [5.41, 5.74) is 5.10. The summed E-state index contributed by atoms with van der Waals surface area (Å²) in [6.07, 6.45) is 0. The summed E-state index contributed by atoms with van der Waals surface area (Å²) in [6.45, 7) is 0. The highest BCUT2D eigenvalue weighted by molar-refractivity contribution is 8.42. The first-order chi connectivity index (χ1) is 1.73. The van der Waals surface area contributed by atoms with Gasteiger partial charge in [0.25, 0.3) is 0 Å². The Morgan fingerprint density at radius 2 is 1.50 bits per heavy atom. The van der Waals surface area contributed by atoms with Crippen LogP contribution < -0.4 is 5.50 Å². The molecule has 26 valence electrons. The molecule has 2 unspecified atom stereocenters. The van der Waals surface area contributed by atoms with E-state index in [0.29, 0.717) is 0 Å². The zero-order valence-electron chi connectivity index (χ0n) is 2.18. The Morgan fingerprint density at radius 1 is 1.50 bits per heavy atom. The van der Waals surface area contributed by atoms with Gasteiger partial charge in [0.05, 0.1) is 0 Å². The molecule has 0 rings (SSSR count). The van der Waals surface area contributed by atoms with Crippen LogP contribution in [0.1, 0.15) is 0 Å². The van der Waals surface area contributed by atoms with Crippen LogP contribution in [0.4, 0.5) is 0 Å². The van der Waals surface area contributed by atoms with Gasteiger partial charge in [-0.15, -0.1) is 0 Å². The van der Waals surface area contributed by atoms with Gasteiger partial charge in [-0.05, 0) is 7.45 Å². The van der Waals surface area contributed by atoms with E-state index in [4.69, 9.17) is 5.50 Å². The fraction of sp³-hybridized carbons (Fsp3) is 0. The van der Waals surface area contributed by atoms with Crippen molar-refractivity contribution in [3.63, 3.8) is 0 Å². The Bertz CT molecular complexity index is 8.00. The van der Waals surface area contributed by atoms with Gasteiger partial charge in [0, 0.05) is 0 Å². The van der Waals surface area contributed by atoms with E-state index in [1.165, 1.54) is 0 Å². The molecule has 0 saturated heterocycles. The summed E-state index contributed by atoms with van der Waals surface area (Å²) in [4.78, 5) is 0. The van der Waals surface area contributed by atoms with Crippen molar-refractivity contribution in [2.24, 2.45) is 5.50 Å². The van der Waals surface area contributed by atoms with Gasteiger partial charge < -0.3 is 5.50 Å². The summed E-state index contributed by atoms with van der Waals surface area (Å²) in [5.74, 6) is 0. The van der Waals surface area contributed by atoms with Crippen LogP contribution in [-0.2, 0) is 0 Å². The second-order valence-electron chi connectivity index (χ2n) is 0.447. The highest BCUT2D eigenvalue weighted by atomic mass is 32.4. The summed E-state index contributed by atoms with van der Waals surface area (Å²) in [5, 5.41) is 0. The van der Waals surface area contributed by atoms with E-state index in [2.05, 4.69) is 17.9 Å². The molecule has 1 nitrogen and oxygen atoms in total. The molecule has 0 fully saturated rings. The van der Waals surface area contributed by atoms with Crippen LogP contribution in [0, 0.1) is 0 Å². The average molecular weight is 113 g/mol. The number of nitrogens with two attached hydrogens (primary N) is 1. The van der Waals surface area contributed by atoms with Crippen LogP contribution in [0.5, 0.6) is 0 Å². The van der Waals surface area contributed by atoms with Gasteiger partial charge in [-0.25, -0.2) is 0 Å². The fourth-order valence-electron chi connectivity index (χ4n) is 0. The molecule has 0 saturated carbocycles. The van der Waals surface area contributed by atoms with Crippen molar-refractivity contribution in [1.29, 1.82) is 0 Å². The quantitative estimate of drug-likeness (QED) is 0.464. The maximum Gasteiger partial charge on any atom is -0.00377 e. The van der Waals surface area contributed by atoms with E-state index in [1.54, 1.807) is 0 Å². The van der Waals surface area contributed by atoms with Gasteiger partial charge in [-0.2, -0.15) is 0 Å². The molecule has 0 aromatic rings. The van der Waals surface area contributed by atoms with Crippen LogP contribution in [0.15, 0.2) is 0 Å². The SMILES string of the molecule is NP(P)P. The molecule has 0 aliphatic carbocycles. The number of rotatable bonds is 0. The van der Waals surface area contributed by atoms with E-state index in [9.17, 15) is 0 Å². The minimum absolute atomic E-state index is 0.287. The van der Waals surface area contributed by atoms with Crippen molar-refractivity contribution < 1.29 is 0 Å². The molecule has 0 bridgehead atoms.